The minimum Gasteiger partial charge on any atom is -0.462 e. The highest BCUT2D eigenvalue weighted by atomic mass is 35.5. The number of carbonyl (C=O) groups is 1. The summed E-state index contributed by atoms with van der Waals surface area (Å²) >= 11 is 6.45. The SMILES string of the molecule is [C-]#[N+]C[C@H]1CN(c2nc(OC[C@@H]3CCCN3C)nc3c2CCN(c2cccc(Cl)c2C)C3)CCN1C(=O)C=C. The first-order valence-corrected chi connectivity index (χ1v) is 14.0. The Labute approximate surface area is 235 Å². The summed E-state index contributed by atoms with van der Waals surface area (Å²) in [4.78, 5) is 34.5. The molecule has 1 aromatic carbocycles. The van der Waals surface area contributed by atoms with E-state index in [-0.39, 0.29) is 18.5 Å². The van der Waals surface area contributed by atoms with Crippen LogP contribution in [-0.4, -0.2) is 90.7 Å². The number of benzene rings is 1. The van der Waals surface area contributed by atoms with Gasteiger partial charge in [-0.1, -0.05) is 24.2 Å². The standard InChI is InChI=1S/C29H36ClN7O2/c1-5-27(38)37-15-14-36(17-22(37)16-31-3)28-23-11-13-35(26-10-6-9-24(30)20(26)2)18-25(23)32-29(33-28)39-19-21-8-7-12-34(21)4/h5-6,9-10,21-22H,1,7-8,11-19H2,2,4H3/t21-,22-/m0/s1. The Hall–Kier alpha value is -3.35. The fourth-order valence-corrected chi connectivity index (χ4v) is 6.11. The molecule has 0 aliphatic carbocycles. The van der Waals surface area contributed by atoms with Gasteiger partial charge in [-0.2, -0.15) is 9.97 Å². The Morgan fingerprint density at radius 3 is 2.82 bits per heavy atom. The fourth-order valence-electron chi connectivity index (χ4n) is 5.94. The monoisotopic (exact) mass is 549 g/mol. The average molecular weight is 550 g/mol. The number of hydrogen-bond acceptors (Lipinski definition) is 7. The largest absolute Gasteiger partial charge is 0.462 e. The predicted molar refractivity (Wildman–Crippen MR) is 154 cm³/mol. The third kappa shape index (κ3) is 5.68. The van der Waals surface area contributed by atoms with Crippen LogP contribution in [0, 0.1) is 13.5 Å². The number of hydrogen-bond donors (Lipinski definition) is 0. The number of fused-ring (bicyclic) bond motifs is 1. The average Bonchev–Trinajstić information content (AvgIpc) is 3.36. The predicted octanol–water partition coefficient (Wildman–Crippen LogP) is 3.60. The molecule has 0 unspecified atom stereocenters. The van der Waals surface area contributed by atoms with E-state index in [0.29, 0.717) is 44.8 Å². The Balaban J connectivity index is 1.46. The minimum atomic E-state index is -0.224. The lowest BCUT2D eigenvalue weighted by molar-refractivity contribution is -0.128. The van der Waals surface area contributed by atoms with E-state index in [1.165, 1.54) is 12.5 Å². The number of aromatic nitrogens is 2. The number of likely N-dealkylation sites (N-methyl/N-ethyl adjacent to an activating group) is 1. The van der Waals surface area contributed by atoms with Gasteiger partial charge in [0, 0.05) is 48.5 Å². The molecule has 10 heteroatoms. The van der Waals surface area contributed by atoms with Gasteiger partial charge in [0.25, 0.3) is 0 Å². The molecule has 3 aliphatic heterocycles. The summed E-state index contributed by atoms with van der Waals surface area (Å²) in [5.74, 6) is 0.725. The van der Waals surface area contributed by atoms with Crippen molar-refractivity contribution in [2.75, 3.05) is 62.7 Å². The first kappa shape index (κ1) is 27.2. The van der Waals surface area contributed by atoms with Crippen LogP contribution in [0.5, 0.6) is 6.01 Å². The molecule has 3 aliphatic rings. The molecule has 206 valence electrons. The van der Waals surface area contributed by atoms with E-state index < -0.39 is 0 Å². The fraction of sp³-hybridized carbons (Fsp3) is 0.517. The highest BCUT2D eigenvalue weighted by Gasteiger charge is 2.35. The van der Waals surface area contributed by atoms with E-state index in [0.717, 1.165) is 59.3 Å². The van der Waals surface area contributed by atoms with Gasteiger partial charge in [0.05, 0.1) is 12.2 Å². The molecule has 2 saturated heterocycles. The summed E-state index contributed by atoms with van der Waals surface area (Å²) in [7, 11) is 2.13. The molecule has 0 saturated carbocycles. The Morgan fingerprint density at radius 2 is 2.08 bits per heavy atom. The quantitative estimate of drug-likeness (QED) is 0.386. The molecule has 0 spiro atoms. The highest BCUT2D eigenvalue weighted by molar-refractivity contribution is 6.31. The summed E-state index contributed by atoms with van der Waals surface area (Å²) in [5, 5.41) is 0.754. The Morgan fingerprint density at radius 1 is 1.23 bits per heavy atom. The smallest absolute Gasteiger partial charge is 0.318 e. The lowest BCUT2D eigenvalue weighted by Gasteiger charge is -2.41. The third-order valence-corrected chi connectivity index (χ3v) is 8.63. The van der Waals surface area contributed by atoms with Crippen LogP contribution in [-0.2, 0) is 17.8 Å². The van der Waals surface area contributed by atoms with E-state index in [1.807, 2.05) is 19.1 Å². The second-order valence-corrected chi connectivity index (χ2v) is 11.0. The number of likely N-dealkylation sites (tertiary alicyclic amines) is 1. The normalized spacial score (nSPS) is 21.4. The van der Waals surface area contributed by atoms with Crippen LogP contribution in [0.15, 0.2) is 30.9 Å². The second kappa shape index (κ2) is 11.8. The lowest BCUT2D eigenvalue weighted by Crippen LogP contribution is -2.56. The molecule has 39 heavy (non-hydrogen) atoms. The van der Waals surface area contributed by atoms with Gasteiger partial charge in [0.2, 0.25) is 12.5 Å². The van der Waals surface area contributed by atoms with Crippen molar-refractivity contribution in [1.82, 2.24) is 19.8 Å². The van der Waals surface area contributed by atoms with Crippen molar-refractivity contribution in [2.45, 2.75) is 44.8 Å². The zero-order chi connectivity index (χ0) is 27.5. The molecule has 0 bridgehead atoms. The molecular formula is C29H36ClN7O2. The van der Waals surface area contributed by atoms with Gasteiger partial charge >= 0.3 is 6.01 Å². The number of amides is 1. The maximum Gasteiger partial charge on any atom is 0.318 e. The van der Waals surface area contributed by atoms with Crippen molar-refractivity contribution in [1.29, 1.82) is 0 Å². The van der Waals surface area contributed by atoms with Crippen molar-refractivity contribution in [2.24, 2.45) is 0 Å². The molecule has 1 aromatic heterocycles. The third-order valence-electron chi connectivity index (χ3n) is 8.22. The van der Waals surface area contributed by atoms with E-state index in [4.69, 9.17) is 32.9 Å². The van der Waals surface area contributed by atoms with Crippen LogP contribution >= 0.6 is 11.6 Å². The van der Waals surface area contributed by atoms with E-state index in [1.54, 1.807) is 4.90 Å². The topological polar surface area (TPSA) is 69.4 Å². The van der Waals surface area contributed by atoms with Gasteiger partial charge in [-0.3, -0.25) is 4.79 Å². The Bertz CT molecular complexity index is 1280. The van der Waals surface area contributed by atoms with Crippen LogP contribution in [0.1, 0.15) is 29.7 Å². The summed E-state index contributed by atoms with van der Waals surface area (Å²) in [6.45, 7) is 18.1. The Kier molecular flexibility index (Phi) is 8.24. The van der Waals surface area contributed by atoms with Crippen LogP contribution in [0.2, 0.25) is 5.02 Å². The van der Waals surface area contributed by atoms with Gasteiger partial charge in [-0.05, 0) is 63.6 Å². The molecular weight excluding hydrogens is 514 g/mol. The molecule has 2 atom stereocenters. The van der Waals surface area contributed by atoms with Gasteiger partial charge in [-0.25, -0.2) is 6.57 Å². The summed E-state index contributed by atoms with van der Waals surface area (Å²) < 4.78 is 6.24. The van der Waals surface area contributed by atoms with Crippen LogP contribution < -0.4 is 14.5 Å². The van der Waals surface area contributed by atoms with E-state index >= 15 is 0 Å². The number of ether oxygens (including phenoxy) is 1. The van der Waals surface area contributed by atoms with Crippen molar-refractivity contribution < 1.29 is 9.53 Å². The summed E-state index contributed by atoms with van der Waals surface area (Å²) in [5.41, 5.74) is 4.23. The zero-order valence-electron chi connectivity index (χ0n) is 22.8. The molecule has 1 amide bonds. The van der Waals surface area contributed by atoms with Crippen LogP contribution in [0.25, 0.3) is 4.85 Å². The first-order valence-electron chi connectivity index (χ1n) is 13.6. The van der Waals surface area contributed by atoms with Crippen molar-refractivity contribution in [3.8, 4) is 6.01 Å². The van der Waals surface area contributed by atoms with Crippen molar-refractivity contribution in [3.63, 3.8) is 0 Å². The van der Waals surface area contributed by atoms with Gasteiger partial charge in [0.1, 0.15) is 18.5 Å². The second-order valence-electron chi connectivity index (χ2n) is 10.6. The molecule has 2 aromatic rings. The maximum absolute atomic E-state index is 12.5. The molecule has 4 heterocycles. The highest BCUT2D eigenvalue weighted by Crippen LogP contribution is 2.34. The number of halogens is 1. The number of piperazine rings is 1. The van der Waals surface area contributed by atoms with Gasteiger partial charge < -0.3 is 29.2 Å². The van der Waals surface area contributed by atoms with Gasteiger partial charge in [-0.15, -0.1) is 0 Å². The summed E-state index contributed by atoms with van der Waals surface area (Å²) in [6.07, 6.45) is 4.39. The number of nitrogens with zero attached hydrogens (tertiary/aromatic N) is 7. The number of rotatable bonds is 7. The van der Waals surface area contributed by atoms with E-state index in [2.05, 4.69) is 39.2 Å². The number of anilines is 2. The van der Waals surface area contributed by atoms with E-state index in [9.17, 15) is 4.79 Å². The zero-order valence-corrected chi connectivity index (χ0v) is 23.5. The lowest BCUT2D eigenvalue weighted by atomic mass is 10.0. The maximum atomic E-state index is 12.5. The first-order chi connectivity index (χ1) is 18.9. The van der Waals surface area contributed by atoms with Crippen molar-refractivity contribution in [3.05, 3.63) is 64.1 Å². The van der Waals surface area contributed by atoms with Crippen LogP contribution in [0.4, 0.5) is 11.5 Å². The molecule has 0 N–H and O–H groups in total. The molecule has 0 radical (unpaired) electrons. The number of carbonyl (C=O) groups excluding carboxylic acids is 1. The van der Waals surface area contributed by atoms with Crippen LogP contribution in [0.3, 0.4) is 0 Å². The molecule has 2 fully saturated rings. The summed E-state index contributed by atoms with van der Waals surface area (Å²) in [6, 6.07) is 6.53. The minimum absolute atomic E-state index is 0.134. The van der Waals surface area contributed by atoms with Gasteiger partial charge in [0.15, 0.2) is 0 Å². The van der Waals surface area contributed by atoms with Crippen molar-refractivity contribution >= 4 is 29.0 Å². The molecule has 9 nitrogen and oxygen atoms in total. The molecule has 5 rings (SSSR count).